The van der Waals surface area contributed by atoms with E-state index in [1.807, 2.05) is 0 Å². The zero-order chi connectivity index (χ0) is 15.0. The van der Waals surface area contributed by atoms with Crippen LogP contribution in [0, 0.1) is 21.7 Å². The molecule has 1 aromatic carbocycles. The summed E-state index contributed by atoms with van der Waals surface area (Å²) in [7, 11) is 0. The predicted molar refractivity (Wildman–Crippen MR) is 66.5 cm³/mol. The van der Waals surface area contributed by atoms with Crippen molar-refractivity contribution in [3.8, 4) is 11.4 Å². The molecule has 1 N–H and O–H groups in total. The van der Waals surface area contributed by atoms with Crippen molar-refractivity contribution in [3.63, 3.8) is 0 Å². The van der Waals surface area contributed by atoms with E-state index < -0.39 is 27.8 Å². The molecule has 1 aliphatic rings. The Morgan fingerprint density at radius 1 is 1.43 bits per heavy atom. The minimum absolute atomic E-state index is 0.0175. The molecule has 0 amide bonds. The van der Waals surface area contributed by atoms with Gasteiger partial charge in [-0.05, 0) is 19.0 Å². The van der Waals surface area contributed by atoms with Crippen molar-refractivity contribution in [2.45, 2.75) is 12.3 Å². The van der Waals surface area contributed by atoms with Crippen LogP contribution in [0.2, 0.25) is 0 Å². The number of hydrogen-bond acceptors (Lipinski definition) is 6. The van der Waals surface area contributed by atoms with Crippen molar-refractivity contribution in [3.05, 3.63) is 39.8 Å². The average molecular weight is 296 g/mol. The Hall–Kier alpha value is -2.42. The first-order valence-electron chi connectivity index (χ1n) is 6.25. The van der Waals surface area contributed by atoms with Gasteiger partial charge in [0.05, 0.1) is 10.8 Å². The Kier molecular flexibility index (Phi) is 3.34. The zero-order valence-electron chi connectivity index (χ0n) is 10.7. The van der Waals surface area contributed by atoms with E-state index in [1.165, 1.54) is 0 Å². The number of nitro benzene ring substituents is 1. The van der Waals surface area contributed by atoms with Crippen LogP contribution in [0.1, 0.15) is 18.2 Å². The lowest BCUT2D eigenvalue weighted by atomic mass is 10.1. The summed E-state index contributed by atoms with van der Waals surface area (Å²) in [5, 5.41) is 17.3. The van der Waals surface area contributed by atoms with Gasteiger partial charge in [0, 0.05) is 12.6 Å². The van der Waals surface area contributed by atoms with Crippen molar-refractivity contribution in [2.75, 3.05) is 13.1 Å². The Bertz CT molecular complexity index is 698. The Morgan fingerprint density at radius 2 is 2.24 bits per heavy atom. The fourth-order valence-electron chi connectivity index (χ4n) is 2.26. The van der Waals surface area contributed by atoms with Gasteiger partial charge in [-0.25, -0.2) is 4.39 Å². The molecule has 1 fully saturated rings. The molecule has 9 heteroatoms. The maximum absolute atomic E-state index is 14.0. The molecule has 7 nitrogen and oxygen atoms in total. The van der Waals surface area contributed by atoms with E-state index in [9.17, 15) is 18.9 Å². The Labute approximate surface area is 117 Å². The minimum Gasteiger partial charge on any atom is -0.339 e. The molecule has 3 rings (SSSR count). The summed E-state index contributed by atoms with van der Waals surface area (Å²) in [5.74, 6) is -2.36. The summed E-state index contributed by atoms with van der Waals surface area (Å²) in [6.45, 7) is 1.43. The molecule has 1 atom stereocenters. The molecule has 0 radical (unpaired) electrons. The fraction of sp³-hybridized carbons (Fsp3) is 0.333. The van der Waals surface area contributed by atoms with E-state index >= 15 is 0 Å². The molecule has 1 aliphatic heterocycles. The highest BCUT2D eigenvalue weighted by atomic mass is 19.1. The van der Waals surface area contributed by atoms with Gasteiger partial charge in [0.2, 0.25) is 17.5 Å². The number of halogens is 2. The van der Waals surface area contributed by atoms with Crippen molar-refractivity contribution in [2.24, 2.45) is 0 Å². The van der Waals surface area contributed by atoms with Crippen LogP contribution in [0.15, 0.2) is 16.7 Å². The maximum atomic E-state index is 14.0. The van der Waals surface area contributed by atoms with Crippen molar-refractivity contribution >= 4 is 5.69 Å². The third kappa shape index (κ3) is 2.35. The Morgan fingerprint density at radius 3 is 2.90 bits per heavy atom. The molecule has 2 aromatic rings. The summed E-state index contributed by atoms with van der Waals surface area (Å²) in [5.41, 5.74) is -1.48. The Balaban J connectivity index is 2.04. The molecular formula is C12H10F2N4O3. The number of nitrogens with one attached hydrogen (secondary N) is 1. The minimum atomic E-state index is -1.31. The number of rotatable bonds is 3. The van der Waals surface area contributed by atoms with Crippen molar-refractivity contribution < 1.29 is 18.2 Å². The molecule has 0 spiro atoms. The van der Waals surface area contributed by atoms with Gasteiger partial charge in [0.1, 0.15) is 11.4 Å². The largest absolute Gasteiger partial charge is 0.339 e. The summed E-state index contributed by atoms with van der Waals surface area (Å²) in [4.78, 5) is 13.7. The molecule has 110 valence electrons. The topological polar surface area (TPSA) is 94.1 Å². The highest BCUT2D eigenvalue weighted by Crippen LogP contribution is 2.31. The van der Waals surface area contributed by atoms with Crippen LogP contribution in [0.25, 0.3) is 11.4 Å². The lowest BCUT2D eigenvalue weighted by molar-refractivity contribution is -0.387. The van der Waals surface area contributed by atoms with Gasteiger partial charge in [0.15, 0.2) is 0 Å². The molecule has 1 unspecified atom stereocenters. The second kappa shape index (κ2) is 5.17. The average Bonchev–Trinajstić information content (AvgIpc) is 3.09. The van der Waals surface area contributed by atoms with E-state index in [-0.39, 0.29) is 17.6 Å². The molecule has 1 saturated heterocycles. The molecule has 0 saturated carbocycles. The van der Waals surface area contributed by atoms with Gasteiger partial charge in [0.25, 0.3) is 0 Å². The summed E-state index contributed by atoms with van der Waals surface area (Å²) >= 11 is 0. The number of benzene rings is 1. The van der Waals surface area contributed by atoms with Gasteiger partial charge < -0.3 is 9.84 Å². The van der Waals surface area contributed by atoms with E-state index in [0.717, 1.165) is 25.1 Å². The number of nitrogens with zero attached hydrogens (tertiary/aromatic N) is 3. The first-order valence-corrected chi connectivity index (χ1v) is 6.25. The zero-order valence-corrected chi connectivity index (χ0v) is 10.7. The second-order valence-corrected chi connectivity index (χ2v) is 4.66. The van der Waals surface area contributed by atoms with Crippen molar-refractivity contribution in [1.82, 2.24) is 15.5 Å². The first kappa shape index (κ1) is 13.6. The standard InChI is InChI=1S/C12H10F2N4O3/c13-7-1-2-8(18(19)20)10(14)9(7)11-16-12(21-17-11)6-3-4-15-5-6/h1-2,6,15H,3-5H2. The molecule has 1 aromatic heterocycles. The van der Waals surface area contributed by atoms with Crippen LogP contribution in [0.4, 0.5) is 14.5 Å². The monoisotopic (exact) mass is 296 g/mol. The number of aromatic nitrogens is 2. The van der Waals surface area contributed by atoms with Gasteiger partial charge in [-0.15, -0.1) is 0 Å². The van der Waals surface area contributed by atoms with Crippen LogP contribution in [0.3, 0.4) is 0 Å². The van der Waals surface area contributed by atoms with Gasteiger partial charge >= 0.3 is 5.69 Å². The number of hydrogen-bond donors (Lipinski definition) is 1. The predicted octanol–water partition coefficient (Wildman–Crippen LogP) is 2.00. The smallest absolute Gasteiger partial charge is 0.305 e. The van der Waals surface area contributed by atoms with E-state index in [0.29, 0.717) is 6.54 Å². The SMILES string of the molecule is O=[N+]([O-])c1ccc(F)c(-c2noc(C3CCNC3)n2)c1F. The van der Waals surface area contributed by atoms with Gasteiger partial charge in [-0.3, -0.25) is 10.1 Å². The molecule has 2 heterocycles. The van der Waals surface area contributed by atoms with E-state index in [4.69, 9.17) is 4.52 Å². The van der Waals surface area contributed by atoms with Crippen LogP contribution in [0.5, 0.6) is 0 Å². The molecule has 21 heavy (non-hydrogen) atoms. The van der Waals surface area contributed by atoms with Crippen LogP contribution >= 0.6 is 0 Å². The summed E-state index contributed by atoms with van der Waals surface area (Å²) in [6.07, 6.45) is 0.779. The van der Waals surface area contributed by atoms with Gasteiger partial charge in [-0.1, -0.05) is 5.16 Å². The van der Waals surface area contributed by atoms with Crippen LogP contribution < -0.4 is 5.32 Å². The number of nitro groups is 1. The van der Waals surface area contributed by atoms with Crippen LogP contribution in [-0.2, 0) is 0 Å². The van der Waals surface area contributed by atoms with E-state index in [2.05, 4.69) is 15.5 Å². The lowest BCUT2D eigenvalue weighted by Gasteiger charge is -2.01. The highest BCUT2D eigenvalue weighted by Gasteiger charge is 2.28. The second-order valence-electron chi connectivity index (χ2n) is 4.66. The molecule has 0 aliphatic carbocycles. The van der Waals surface area contributed by atoms with Gasteiger partial charge in [-0.2, -0.15) is 9.37 Å². The highest BCUT2D eigenvalue weighted by molar-refractivity contribution is 5.61. The fourth-order valence-corrected chi connectivity index (χ4v) is 2.26. The van der Waals surface area contributed by atoms with Crippen molar-refractivity contribution in [1.29, 1.82) is 0 Å². The normalized spacial score (nSPS) is 18.1. The third-order valence-corrected chi connectivity index (χ3v) is 3.34. The lowest BCUT2D eigenvalue weighted by Crippen LogP contribution is -2.08. The summed E-state index contributed by atoms with van der Waals surface area (Å²) in [6, 6.07) is 1.57. The quantitative estimate of drug-likeness (QED) is 0.687. The maximum Gasteiger partial charge on any atom is 0.305 e. The van der Waals surface area contributed by atoms with Crippen LogP contribution in [-0.4, -0.2) is 28.2 Å². The van der Waals surface area contributed by atoms with E-state index in [1.54, 1.807) is 0 Å². The third-order valence-electron chi connectivity index (χ3n) is 3.34. The molecule has 0 bridgehead atoms. The molecular weight excluding hydrogens is 286 g/mol. The first-order chi connectivity index (χ1) is 10.1. The summed E-state index contributed by atoms with van der Waals surface area (Å²) < 4.78 is 32.8.